The largest absolute Gasteiger partial charge is 0.481 e. The number of benzene rings is 1. The Bertz CT molecular complexity index is 544. The molecular weight excluding hydrogens is 202 g/mol. The van der Waals surface area contributed by atoms with Crippen molar-refractivity contribution < 1.29 is 9.90 Å². The van der Waals surface area contributed by atoms with Crippen molar-refractivity contribution in [3.8, 4) is 0 Å². The van der Waals surface area contributed by atoms with Gasteiger partial charge in [0, 0.05) is 18.3 Å². The van der Waals surface area contributed by atoms with Crippen LogP contribution in [0.3, 0.4) is 0 Å². The van der Waals surface area contributed by atoms with E-state index in [9.17, 15) is 4.79 Å². The van der Waals surface area contributed by atoms with E-state index in [1.54, 1.807) is 0 Å². The van der Waals surface area contributed by atoms with Crippen molar-refractivity contribution in [2.24, 2.45) is 11.8 Å². The molecule has 3 rings (SSSR count). The first-order valence-corrected chi connectivity index (χ1v) is 5.52. The molecule has 82 valence electrons. The van der Waals surface area contributed by atoms with Gasteiger partial charge in [-0.1, -0.05) is 18.2 Å². The first-order chi connectivity index (χ1) is 7.75. The summed E-state index contributed by atoms with van der Waals surface area (Å²) < 4.78 is 2.16. The minimum atomic E-state index is -0.651. The predicted molar refractivity (Wildman–Crippen MR) is 61.2 cm³/mol. The normalized spacial score (nSPS) is 23.5. The molecule has 0 amide bonds. The van der Waals surface area contributed by atoms with Gasteiger partial charge in [-0.25, -0.2) is 0 Å². The number of aliphatic carboxylic acids is 1. The zero-order chi connectivity index (χ0) is 11.1. The van der Waals surface area contributed by atoms with Gasteiger partial charge in [-0.2, -0.15) is 0 Å². The van der Waals surface area contributed by atoms with Crippen molar-refractivity contribution in [1.82, 2.24) is 4.57 Å². The summed E-state index contributed by atoms with van der Waals surface area (Å²) in [6, 6.07) is 10.3. The van der Waals surface area contributed by atoms with Crippen molar-refractivity contribution >= 4 is 16.9 Å². The van der Waals surface area contributed by atoms with E-state index in [4.69, 9.17) is 5.11 Å². The van der Waals surface area contributed by atoms with Gasteiger partial charge in [-0.15, -0.1) is 0 Å². The predicted octanol–water partition coefficient (Wildman–Crippen LogP) is 2.36. The monoisotopic (exact) mass is 215 g/mol. The summed E-state index contributed by atoms with van der Waals surface area (Å²) >= 11 is 0. The number of hydrogen-bond donors (Lipinski definition) is 1. The summed E-state index contributed by atoms with van der Waals surface area (Å²) in [4.78, 5) is 10.8. The van der Waals surface area contributed by atoms with Crippen LogP contribution in [0.15, 0.2) is 36.5 Å². The molecule has 0 radical (unpaired) electrons. The third-order valence-electron chi connectivity index (χ3n) is 3.35. The number of aromatic nitrogens is 1. The Morgan fingerprint density at radius 2 is 2.19 bits per heavy atom. The van der Waals surface area contributed by atoms with E-state index >= 15 is 0 Å². The maximum absolute atomic E-state index is 10.8. The molecule has 1 aliphatic rings. The lowest BCUT2D eigenvalue weighted by atomic mass is 10.2. The summed E-state index contributed by atoms with van der Waals surface area (Å²) in [7, 11) is 0. The van der Waals surface area contributed by atoms with Crippen LogP contribution in [0.2, 0.25) is 0 Å². The lowest BCUT2D eigenvalue weighted by molar-refractivity contribution is -0.138. The van der Waals surface area contributed by atoms with E-state index in [2.05, 4.69) is 22.8 Å². The molecular formula is C13H13NO2. The van der Waals surface area contributed by atoms with Crippen LogP contribution in [0.5, 0.6) is 0 Å². The Morgan fingerprint density at radius 1 is 1.38 bits per heavy atom. The zero-order valence-corrected chi connectivity index (χ0v) is 8.84. The quantitative estimate of drug-likeness (QED) is 0.854. The molecule has 0 saturated heterocycles. The van der Waals surface area contributed by atoms with Gasteiger partial charge in [0.2, 0.25) is 0 Å². The second-order valence-electron chi connectivity index (χ2n) is 4.47. The molecule has 1 aliphatic carbocycles. The van der Waals surface area contributed by atoms with Gasteiger partial charge in [-0.05, 0) is 29.9 Å². The minimum absolute atomic E-state index is 0.124. The molecule has 1 aromatic heterocycles. The number of fused-ring (bicyclic) bond motifs is 1. The number of carboxylic acid groups (broad SMARTS) is 1. The Morgan fingerprint density at radius 3 is 2.94 bits per heavy atom. The molecule has 2 atom stereocenters. The Labute approximate surface area is 93.3 Å². The van der Waals surface area contributed by atoms with Crippen LogP contribution < -0.4 is 0 Å². The highest BCUT2D eigenvalue weighted by molar-refractivity contribution is 5.80. The van der Waals surface area contributed by atoms with Gasteiger partial charge in [-0.3, -0.25) is 4.79 Å². The number of carboxylic acids is 1. The van der Waals surface area contributed by atoms with Gasteiger partial charge in [0.05, 0.1) is 5.92 Å². The number of nitrogens with zero attached hydrogens (tertiary/aromatic N) is 1. The highest BCUT2D eigenvalue weighted by Crippen LogP contribution is 2.40. The van der Waals surface area contributed by atoms with Gasteiger partial charge in [0.15, 0.2) is 0 Å². The lowest BCUT2D eigenvalue weighted by Gasteiger charge is -2.03. The highest BCUT2D eigenvalue weighted by atomic mass is 16.4. The van der Waals surface area contributed by atoms with Crippen molar-refractivity contribution in [2.45, 2.75) is 13.0 Å². The van der Waals surface area contributed by atoms with E-state index in [0.29, 0.717) is 5.92 Å². The molecule has 1 N–H and O–H groups in total. The second-order valence-corrected chi connectivity index (χ2v) is 4.47. The third kappa shape index (κ3) is 1.48. The molecule has 1 aromatic carbocycles. The van der Waals surface area contributed by atoms with Crippen molar-refractivity contribution in [3.63, 3.8) is 0 Å². The molecule has 0 aliphatic heterocycles. The SMILES string of the molecule is O=C(O)C1CC1Cn1ccc2ccccc21. The summed E-state index contributed by atoms with van der Waals surface area (Å²) in [5.74, 6) is -0.462. The zero-order valence-electron chi connectivity index (χ0n) is 8.84. The summed E-state index contributed by atoms with van der Waals surface area (Å²) in [6.07, 6.45) is 2.86. The van der Waals surface area contributed by atoms with Crippen LogP contribution in [0.1, 0.15) is 6.42 Å². The molecule has 3 nitrogen and oxygen atoms in total. The standard InChI is InChI=1S/C13H13NO2/c15-13(16)11-7-10(11)8-14-6-5-9-3-1-2-4-12(9)14/h1-6,10-11H,7-8H2,(H,15,16). The van der Waals surface area contributed by atoms with E-state index in [-0.39, 0.29) is 5.92 Å². The maximum atomic E-state index is 10.8. The van der Waals surface area contributed by atoms with Crippen molar-refractivity contribution in [2.75, 3.05) is 0 Å². The number of para-hydroxylation sites is 1. The van der Waals surface area contributed by atoms with Crippen molar-refractivity contribution in [3.05, 3.63) is 36.5 Å². The van der Waals surface area contributed by atoms with Gasteiger partial charge < -0.3 is 9.67 Å². The van der Waals surface area contributed by atoms with Crippen molar-refractivity contribution in [1.29, 1.82) is 0 Å². The van der Waals surface area contributed by atoms with Gasteiger partial charge in [0.1, 0.15) is 0 Å². The van der Waals surface area contributed by atoms with E-state index in [0.717, 1.165) is 13.0 Å². The molecule has 0 spiro atoms. The topological polar surface area (TPSA) is 42.2 Å². The van der Waals surface area contributed by atoms with E-state index < -0.39 is 5.97 Å². The van der Waals surface area contributed by atoms with Gasteiger partial charge >= 0.3 is 5.97 Å². The lowest BCUT2D eigenvalue weighted by Crippen LogP contribution is -2.04. The number of rotatable bonds is 3. The van der Waals surface area contributed by atoms with Gasteiger partial charge in [0.25, 0.3) is 0 Å². The van der Waals surface area contributed by atoms with Crippen LogP contribution in [-0.4, -0.2) is 15.6 Å². The van der Waals surface area contributed by atoms with Crippen LogP contribution in [0, 0.1) is 11.8 Å². The first-order valence-electron chi connectivity index (χ1n) is 5.52. The Hall–Kier alpha value is -1.77. The minimum Gasteiger partial charge on any atom is -0.481 e. The first kappa shape index (κ1) is 9.46. The third-order valence-corrected chi connectivity index (χ3v) is 3.35. The second kappa shape index (κ2) is 3.37. The number of hydrogen-bond acceptors (Lipinski definition) is 1. The molecule has 3 heteroatoms. The molecule has 16 heavy (non-hydrogen) atoms. The molecule has 2 aromatic rings. The molecule has 1 heterocycles. The summed E-state index contributed by atoms with van der Waals surface area (Å²) in [6.45, 7) is 0.824. The smallest absolute Gasteiger partial charge is 0.306 e. The molecule has 1 saturated carbocycles. The molecule has 1 fully saturated rings. The summed E-state index contributed by atoms with van der Waals surface area (Å²) in [5.41, 5.74) is 1.19. The fourth-order valence-electron chi connectivity index (χ4n) is 2.30. The molecule has 0 bridgehead atoms. The maximum Gasteiger partial charge on any atom is 0.306 e. The fraction of sp³-hybridized carbons (Fsp3) is 0.308. The molecule has 2 unspecified atom stereocenters. The average molecular weight is 215 g/mol. The van der Waals surface area contributed by atoms with Crippen LogP contribution in [0.4, 0.5) is 0 Å². The fourth-order valence-corrected chi connectivity index (χ4v) is 2.30. The van der Waals surface area contributed by atoms with E-state index in [1.807, 2.05) is 18.3 Å². The van der Waals surface area contributed by atoms with Crippen LogP contribution >= 0.6 is 0 Å². The van der Waals surface area contributed by atoms with E-state index in [1.165, 1.54) is 10.9 Å². The number of carbonyl (C=O) groups is 1. The van der Waals surface area contributed by atoms with Crippen LogP contribution in [0.25, 0.3) is 10.9 Å². The average Bonchev–Trinajstić information content (AvgIpc) is 2.93. The highest BCUT2D eigenvalue weighted by Gasteiger charge is 2.43. The Balaban J connectivity index is 1.83. The Kier molecular flexibility index (Phi) is 1.99. The van der Waals surface area contributed by atoms with Crippen LogP contribution in [-0.2, 0) is 11.3 Å². The summed E-state index contributed by atoms with van der Waals surface area (Å²) in [5, 5.41) is 10.1.